The zero-order valence-electron chi connectivity index (χ0n) is 7.90. The highest BCUT2D eigenvalue weighted by atomic mass is 14.8. The lowest BCUT2D eigenvalue weighted by Gasteiger charge is -1.97. The fourth-order valence-electron chi connectivity index (χ4n) is 0.855. The first-order valence-corrected chi connectivity index (χ1v) is 4.77. The van der Waals surface area contributed by atoms with Gasteiger partial charge in [0.05, 0.1) is 0 Å². The Balaban J connectivity index is 2.89. The van der Waals surface area contributed by atoms with Crippen molar-refractivity contribution in [1.82, 2.24) is 5.32 Å². The summed E-state index contributed by atoms with van der Waals surface area (Å²) in [6.45, 7) is 6.62. The van der Waals surface area contributed by atoms with E-state index in [0.29, 0.717) is 0 Å². The monoisotopic (exact) mass is 155 g/mol. The normalized spacial score (nSPS) is 11.1. The zero-order valence-corrected chi connectivity index (χ0v) is 7.90. The maximum atomic E-state index is 3.36. The van der Waals surface area contributed by atoms with Crippen LogP contribution in [0.15, 0.2) is 12.2 Å². The van der Waals surface area contributed by atoms with Crippen molar-refractivity contribution in [2.75, 3.05) is 13.1 Å². The molecule has 0 aliphatic carbocycles. The summed E-state index contributed by atoms with van der Waals surface area (Å²) in [5, 5.41) is 3.36. The molecule has 1 N–H and O–H groups in total. The van der Waals surface area contributed by atoms with Crippen LogP contribution in [0.3, 0.4) is 0 Å². The van der Waals surface area contributed by atoms with E-state index < -0.39 is 0 Å². The predicted octanol–water partition coefficient (Wildman–Crippen LogP) is 2.73. The van der Waals surface area contributed by atoms with Gasteiger partial charge in [-0.25, -0.2) is 0 Å². The molecule has 0 aliphatic rings. The standard InChI is InChI=1S/C10H21N/c1-3-5-7-8-10-11-9-6-4-2/h7-8,11H,3-6,9-10H2,1-2H3/b8-7+. The van der Waals surface area contributed by atoms with Crippen molar-refractivity contribution in [2.45, 2.75) is 39.5 Å². The molecule has 0 atom stereocenters. The van der Waals surface area contributed by atoms with Gasteiger partial charge in [-0.05, 0) is 19.4 Å². The molecule has 0 aromatic heterocycles. The van der Waals surface area contributed by atoms with Gasteiger partial charge in [-0.3, -0.25) is 0 Å². The summed E-state index contributed by atoms with van der Waals surface area (Å²) in [5.74, 6) is 0. The molecule has 0 amide bonds. The molecule has 0 fully saturated rings. The first-order chi connectivity index (χ1) is 5.41. The average Bonchev–Trinajstić information content (AvgIpc) is 2.03. The van der Waals surface area contributed by atoms with Gasteiger partial charge in [0.1, 0.15) is 0 Å². The van der Waals surface area contributed by atoms with E-state index >= 15 is 0 Å². The Hall–Kier alpha value is -0.300. The maximum absolute atomic E-state index is 3.36. The Labute approximate surface area is 70.9 Å². The molecule has 0 aromatic carbocycles. The van der Waals surface area contributed by atoms with E-state index in [9.17, 15) is 0 Å². The average molecular weight is 155 g/mol. The van der Waals surface area contributed by atoms with Crippen molar-refractivity contribution in [2.24, 2.45) is 0 Å². The van der Waals surface area contributed by atoms with E-state index in [1.165, 1.54) is 25.7 Å². The third-order valence-corrected chi connectivity index (χ3v) is 1.59. The van der Waals surface area contributed by atoms with Gasteiger partial charge in [0, 0.05) is 6.54 Å². The highest BCUT2D eigenvalue weighted by Gasteiger charge is 1.80. The van der Waals surface area contributed by atoms with Crippen LogP contribution in [0.25, 0.3) is 0 Å². The van der Waals surface area contributed by atoms with Crippen LogP contribution in [-0.2, 0) is 0 Å². The van der Waals surface area contributed by atoms with E-state index in [2.05, 4.69) is 31.3 Å². The number of allylic oxidation sites excluding steroid dienone is 1. The van der Waals surface area contributed by atoms with Crippen LogP contribution in [0, 0.1) is 0 Å². The van der Waals surface area contributed by atoms with E-state index in [-0.39, 0.29) is 0 Å². The summed E-state index contributed by atoms with van der Waals surface area (Å²) in [5.41, 5.74) is 0. The molecule has 0 aromatic rings. The summed E-state index contributed by atoms with van der Waals surface area (Å²) >= 11 is 0. The highest BCUT2D eigenvalue weighted by molar-refractivity contribution is 4.82. The molecule has 0 bridgehead atoms. The van der Waals surface area contributed by atoms with E-state index in [1.54, 1.807) is 0 Å². The molecule has 0 heterocycles. The largest absolute Gasteiger partial charge is 0.313 e. The fourth-order valence-corrected chi connectivity index (χ4v) is 0.855. The van der Waals surface area contributed by atoms with Crippen LogP contribution in [-0.4, -0.2) is 13.1 Å². The smallest absolute Gasteiger partial charge is 0.0134 e. The third-order valence-electron chi connectivity index (χ3n) is 1.59. The molecule has 1 heteroatoms. The minimum atomic E-state index is 1.04. The maximum Gasteiger partial charge on any atom is 0.0134 e. The van der Waals surface area contributed by atoms with Gasteiger partial charge in [-0.1, -0.05) is 38.8 Å². The summed E-state index contributed by atoms with van der Waals surface area (Å²) in [4.78, 5) is 0. The lowest BCUT2D eigenvalue weighted by Crippen LogP contribution is -2.14. The third kappa shape index (κ3) is 9.70. The molecule has 0 rings (SSSR count). The summed E-state index contributed by atoms with van der Waals surface area (Å²) in [6, 6.07) is 0. The van der Waals surface area contributed by atoms with Crippen molar-refractivity contribution in [1.29, 1.82) is 0 Å². The van der Waals surface area contributed by atoms with Crippen LogP contribution in [0.5, 0.6) is 0 Å². The number of hydrogen-bond donors (Lipinski definition) is 1. The molecule has 11 heavy (non-hydrogen) atoms. The molecule has 0 unspecified atom stereocenters. The summed E-state index contributed by atoms with van der Waals surface area (Å²) in [7, 11) is 0. The quantitative estimate of drug-likeness (QED) is 0.440. The molecule has 0 saturated heterocycles. The number of nitrogens with one attached hydrogen (secondary N) is 1. The van der Waals surface area contributed by atoms with Gasteiger partial charge in [0.2, 0.25) is 0 Å². The van der Waals surface area contributed by atoms with Gasteiger partial charge in [0.15, 0.2) is 0 Å². The molecule has 0 aliphatic heterocycles. The Bertz CT molecular complexity index is 86.9. The van der Waals surface area contributed by atoms with Crippen LogP contribution < -0.4 is 5.32 Å². The zero-order chi connectivity index (χ0) is 8.36. The van der Waals surface area contributed by atoms with Crippen molar-refractivity contribution >= 4 is 0 Å². The summed E-state index contributed by atoms with van der Waals surface area (Å²) < 4.78 is 0. The van der Waals surface area contributed by atoms with E-state index in [4.69, 9.17) is 0 Å². The molecule has 66 valence electrons. The van der Waals surface area contributed by atoms with Gasteiger partial charge in [-0.15, -0.1) is 0 Å². The predicted molar refractivity (Wildman–Crippen MR) is 51.8 cm³/mol. The van der Waals surface area contributed by atoms with Crippen molar-refractivity contribution < 1.29 is 0 Å². The second kappa shape index (κ2) is 9.70. The van der Waals surface area contributed by atoms with Gasteiger partial charge < -0.3 is 5.32 Å². The second-order valence-electron chi connectivity index (χ2n) is 2.82. The molecule has 0 radical (unpaired) electrons. The van der Waals surface area contributed by atoms with Crippen molar-refractivity contribution in [3.63, 3.8) is 0 Å². The minimum absolute atomic E-state index is 1.04. The van der Waals surface area contributed by atoms with Crippen LogP contribution in [0.2, 0.25) is 0 Å². The van der Waals surface area contributed by atoms with Gasteiger partial charge in [-0.2, -0.15) is 0 Å². The Morgan fingerprint density at radius 2 is 1.91 bits per heavy atom. The van der Waals surface area contributed by atoms with Crippen molar-refractivity contribution in [3.8, 4) is 0 Å². The molecule has 0 saturated carbocycles. The van der Waals surface area contributed by atoms with Crippen LogP contribution in [0.4, 0.5) is 0 Å². The van der Waals surface area contributed by atoms with Gasteiger partial charge >= 0.3 is 0 Å². The molecular weight excluding hydrogens is 134 g/mol. The van der Waals surface area contributed by atoms with Crippen LogP contribution in [0.1, 0.15) is 39.5 Å². The highest BCUT2D eigenvalue weighted by Crippen LogP contribution is 1.87. The van der Waals surface area contributed by atoms with E-state index in [1.807, 2.05) is 0 Å². The number of rotatable bonds is 7. The topological polar surface area (TPSA) is 12.0 Å². The molecular formula is C10H21N. The first kappa shape index (κ1) is 10.7. The Morgan fingerprint density at radius 1 is 1.09 bits per heavy atom. The van der Waals surface area contributed by atoms with Gasteiger partial charge in [0.25, 0.3) is 0 Å². The number of hydrogen-bond acceptors (Lipinski definition) is 1. The van der Waals surface area contributed by atoms with Crippen molar-refractivity contribution in [3.05, 3.63) is 12.2 Å². The lowest BCUT2D eigenvalue weighted by molar-refractivity contribution is 0.680. The summed E-state index contributed by atoms with van der Waals surface area (Å²) in [6.07, 6.45) is 9.52. The second-order valence-corrected chi connectivity index (χ2v) is 2.82. The van der Waals surface area contributed by atoms with Crippen LogP contribution >= 0.6 is 0 Å². The van der Waals surface area contributed by atoms with E-state index in [0.717, 1.165) is 13.1 Å². The Morgan fingerprint density at radius 3 is 2.55 bits per heavy atom. The lowest BCUT2D eigenvalue weighted by atomic mass is 10.3. The fraction of sp³-hybridized carbons (Fsp3) is 0.800. The Kier molecular flexibility index (Phi) is 9.44. The molecule has 1 nitrogen and oxygen atoms in total. The molecule has 0 spiro atoms. The first-order valence-electron chi connectivity index (χ1n) is 4.77. The number of unbranched alkanes of at least 4 members (excludes halogenated alkanes) is 2. The SMILES string of the molecule is CCC/C=C/CNCCCC. The minimum Gasteiger partial charge on any atom is -0.313 e.